The molecule has 0 fully saturated rings. The monoisotopic (exact) mass is 395 g/mol. The number of hydrazine groups is 1. The van der Waals surface area contributed by atoms with Crippen molar-refractivity contribution in [1.82, 2.24) is 10.9 Å². The molecule has 2 aromatic carbocycles. The summed E-state index contributed by atoms with van der Waals surface area (Å²) in [5.74, 6) is 0.217. The maximum atomic E-state index is 12.1. The van der Waals surface area contributed by atoms with Crippen LogP contribution in [-0.2, 0) is 4.79 Å². The average molecular weight is 395 g/mol. The molecule has 2 aromatic rings. The summed E-state index contributed by atoms with van der Waals surface area (Å²) in [7, 11) is 0. The van der Waals surface area contributed by atoms with E-state index < -0.39 is 11.8 Å². The van der Waals surface area contributed by atoms with E-state index in [9.17, 15) is 9.59 Å². The van der Waals surface area contributed by atoms with Crippen LogP contribution in [-0.4, -0.2) is 25.0 Å². The van der Waals surface area contributed by atoms with Crippen LogP contribution in [0.1, 0.15) is 48.5 Å². The lowest BCUT2D eigenvalue weighted by atomic mass is 10.2. The molecule has 0 aliphatic heterocycles. The smallest absolute Gasteiger partial charge is 0.276 e. The first-order valence-electron chi connectivity index (χ1n) is 9.57. The molecule has 0 radical (unpaired) electrons. The molecule has 152 valence electrons. The number of hydrogen-bond donors (Lipinski definition) is 2. The van der Waals surface area contributed by atoms with E-state index in [0.717, 1.165) is 12.8 Å². The normalized spacial score (nSPS) is 9.93. The fourth-order valence-corrected chi connectivity index (χ4v) is 2.43. The van der Waals surface area contributed by atoms with Gasteiger partial charge in [-0.15, -0.1) is 0 Å². The van der Waals surface area contributed by atoms with Crippen molar-refractivity contribution < 1.29 is 19.1 Å². The predicted molar refractivity (Wildman–Crippen MR) is 108 cm³/mol. The SMILES string of the molecule is CCCCCCOc1ccc(C(=O)NNC(=O)COc2ccc(C#N)cc2)cc1. The van der Waals surface area contributed by atoms with Crippen LogP contribution in [0.3, 0.4) is 0 Å². The molecule has 0 spiro atoms. The summed E-state index contributed by atoms with van der Waals surface area (Å²) >= 11 is 0. The van der Waals surface area contributed by atoms with E-state index in [0.29, 0.717) is 29.2 Å². The second kappa shape index (κ2) is 12.0. The van der Waals surface area contributed by atoms with Crippen LogP contribution in [0.2, 0.25) is 0 Å². The van der Waals surface area contributed by atoms with E-state index in [2.05, 4.69) is 17.8 Å². The summed E-state index contributed by atoms with van der Waals surface area (Å²) in [4.78, 5) is 23.9. The minimum Gasteiger partial charge on any atom is -0.494 e. The van der Waals surface area contributed by atoms with Gasteiger partial charge in [-0.2, -0.15) is 5.26 Å². The number of ether oxygens (including phenoxy) is 2. The van der Waals surface area contributed by atoms with Gasteiger partial charge in [-0.05, 0) is 55.0 Å². The summed E-state index contributed by atoms with van der Waals surface area (Å²) in [6, 6.07) is 15.1. The molecular weight excluding hydrogens is 370 g/mol. The zero-order valence-corrected chi connectivity index (χ0v) is 16.4. The van der Waals surface area contributed by atoms with Gasteiger partial charge < -0.3 is 9.47 Å². The van der Waals surface area contributed by atoms with Gasteiger partial charge in [0.1, 0.15) is 11.5 Å². The number of amides is 2. The van der Waals surface area contributed by atoms with Gasteiger partial charge in [0.05, 0.1) is 18.2 Å². The van der Waals surface area contributed by atoms with Crippen molar-refractivity contribution in [2.75, 3.05) is 13.2 Å². The molecule has 0 atom stereocenters. The number of nitriles is 1. The van der Waals surface area contributed by atoms with Gasteiger partial charge in [-0.1, -0.05) is 26.2 Å². The Morgan fingerprint density at radius 1 is 0.897 bits per heavy atom. The Hall–Kier alpha value is -3.53. The minimum atomic E-state index is -0.505. The van der Waals surface area contributed by atoms with Crippen LogP contribution in [0, 0.1) is 11.3 Å². The van der Waals surface area contributed by atoms with Gasteiger partial charge in [-0.25, -0.2) is 0 Å². The molecule has 0 unspecified atom stereocenters. The van der Waals surface area contributed by atoms with Crippen molar-refractivity contribution in [2.45, 2.75) is 32.6 Å². The van der Waals surface area contributed by atoms with Crippen LogP contribution >= 0.6 is 0 Å². The zero-order valence-electron chi connectivity index (χ0n) is 16.4. The minimum absolute atomic E-state index is 0.267. The number of benzene rings is 2. The predicted octanol–water partition coefficient (Wildman–Crippen LogP) is 3.36. The number of nitrogens with zero attached hydrogens (tertiary/aromatic N) is 1. The van der Waals surface area contributed by atoms with Crippen molar-refractivity contribution >= 4 is 11.8 Å². The highest BCUT2D eigenvalue weighted by Gasteiger charge is 2.08. The number of carbonyl (C=O) groups is 2. The lowest BCUT2D eigenvalue weighted by molar-refractivity contribution is -0.123. The van der Waals surface area contributed by atoms with E-state index in [1.165, 1.54) is 12.8 Å². The lowest BCUT2D eigenvalue weighted by Crippen LogP contribution is -2.43. The molecule has 7 nitrogen and oxygen atoms in total. The van der Waals surface area contributed by atoms with Crippen molar-refractivity contribution in [2.24, 2.45) is 0 Å². The Bertz CT molecular complexity index is 827. The van der Waals surface area contributed by atoms with Crippen molar-refractivity contribution in [3.8, 4) is 17.6 Å². The fourth-order valence-electron chi connectivity index (χ4n) is 2.43. The van der Waals surface area contributed by atoms with Gasteiger partial charge in [0.15, 0.2) is 6.61 Å². The van der Waals surface area contributed by atoms with Crippen molar-refractivity contribution in [3.05, 3.63) is 59.7 Å². The molecule has 0 heterocycles. The zero-order chi connectivity index (χ0) is 20.9. The standard InChI is InChI=1S/C22H25N3O4/c1-2-3-4-5-14-28-19-12-8-18(9-13-19)22(27)25-24-21(26)16-29-20-10-6-17(15-23)7-11-20/h6-13H,2-5,14,16H2,1H3,(H,24,26)(H,25,27). The third-order valence-corrected chi connectivity index (χ3v) is 4.05. The molecule has 2 amide bonds. The van der Waals surface area contributed by atoms with Crippen LogP contribution in [0.5, 0.6) is 11.5 Å². The molecule has 0 bridgehead atoms. The van der Waals surface area contributed by atoms with Gasteiger partial charge in [0.2, 0.25) is 0 Å². The van der Waals surface area contributed by atoms with Gasteiger partial charge in [-0.3, -0.25) is 20.4 Å². The number of carbonyl (C=O) groups excluding carboxylic acids is 2. The Morgan fingerprint density at radius 2 is 1.55 bits per heavy atom. The first kappa shape index (κ1) is 21.8. The second-order valence-corrected chi connectivity index (χ2v) is 6.36. The van der Waals surface area contributed by atoms with E-state index in [-0.39, 0.29) is 6.61 Å². The van der Waals surface area contributed by atoms with Crippen LogP contribution in [0.4, 0.5) is 0 Å². The van der Waals surface area contributed by atoms with Gasteiger partial charge >= 0.3 is 0 Å². The maximum absolute atomic E-state index is 12.1. The molecular formula is C22H25N3O4. The molecule has 0 saturated heterocycles. The van der Waals surface area contributed by atoms with E-state index in [4.69, 9.17) is 14.7 Å². The molecule has 0 aliphatic rings. The van der Waals surface area contributed by atoms with Crippen LogP contribution in [0.25, 0.3) is 0 Å². The van der Waals surface area contributed by atoms with Crippen molar-refractivity contribution in [1.29, 1.82) is 5.26 Å². The number of rotatable bonds is 10. The molecule has 0 aliphatic carbocycles. The van der Waals surface area contributed by atoms with E-state index in [1.54, 1.807) is 48.5 Å². The molecule has 0 aromatic heterocycles. The fraction of sp³-hybridized carbons (Fsp3) is 0.318. The summed E-state index contributed by atoms with van der Waals surface area (Å²) in [6.07, 6.45) is 4.53. The third kappa shape index (κ3) is 7.93. The Morgan fingerprint density at radius 3 is 2.21 bits per heavy atom. The van der Waals surface area contributed by atoms with E-state index in [1.807, 2.05) is 6.07 Å². The maximum Gasteiger partial charge on any atom is 0.276 e. The summed E-state index contributed by atoms with van der Waals surface area (Å²) in [5, 5.41) is 8.74. The van der Waals surface area contributed by atoms with Gasteiger partial charge in [0.25, 0.3) is 11.8 Å². The average Bonchev–Trinajstić information content (AvgIpc) is 2.76. The Balaban J connectivity index is 1.69. The summed E-state index contributed by atoms with van der Waals surface area (Å²) < 4.78 is 10.9. The number of unbranched alkanes of at least 4 members (excludes halogenated alkanes) is 3. The molecule has 7 heteroatoms. The Kier molecular flexibility index (Phi) is 9.03. The highest BCUT2D eigenvalue weighted by molar-refractivity contribution is 5.95. The third-order valence-electron chi connectivity index (χ3n) is 4.05. The number of nitrogens with one attached hydrogen (secondary N) is 2. The largest absolute Gasteiger partial charge is 0.494 e. The highest BCUT2D eigenvalue weighted by atomic mass is 16.5. The molecule has 0 saturated carbocycles. The van der Waals surface area contributed by atoms with Crippen molar-refractivity contribution in [3.63, 3.8) is 0 Å². The second-order valence-electron chi connectivity index (χ2n) is 6.36. The van der Waals surface area contributed by atoms with Gasteiger partial charge in [0, 0.05) is 5.56 Å². The lowest BCUT2D eigenvalue weighted by Gasteiger charge is -2.10. The molecule has 2 N–H and O–H groups in total. The number of hydrogen-bond acceptors (Lipinski definition) is 5. The van der Waals surface area contributed by atoms with Crippen LogP contribution in [0.15, 0.2) is 48.5 Å². The van der Waals surface area contributed by atoms with Crippen LogP contribution < -0.4 is 20.3 Å². The Labute approximate surface area is 170 Å². The first-order chi connectivity index (χ1) is 14.1. The highest BCUT2D eigenvalue weighted by Crippen LogP contribution is 2.13. The summed E-state index contributed by atoms with van der Waals surface area (Å²) in [6.45, 7) is 2.55. The quantitative estimate of drug-likeness (QED) is 0.475. The molecule has 2 rings (SSSR count). The van der Waals surface area contributed by atoms with E-state index >= 15 is 0 Å². The topological polar surface area (TPSA) is 100 Å². The first-order valence-corrected chi connectivity index (χ1v) is 9.57. The molecule has 29 heavy (non-hydrogen) atoms. The summed E-state index contributed by atoms with van der Waals surface area (Å²) in [5.41, 5.74) is 5.53.